The van der Waals surface area contributed by atoms with Gasteiger partial charge in [0.25, 0.3) is 0 Å². The van der Waals surface area contributed by atoms with Crippen LogP contribution in [0.1, 0.15) is 20.3 Å². The Morgan fingerprint density at radius 2 is 1.76 bits per heavy atom. The van der Waals surface area contributed by atoms with Gasteiger partial charge < -0.3 is 14.6 Å². The van der Waals surface area contributed by atoms with Crippen LogP contribution in [0.15, 0.2) is 16.3 Å². The van der Waals surface area contributed by atoms with Gasteiger partial charge in [0.05, 0.1) is 19.8 Å². The lowest BCUT2D eigenvalue weighted by atomic mass is 9.92. The molecule has 0 spiro atoms. The van der Waals surface area contributed by atoms with Crippen LogP contribution in [0.2, 0.25) is 0 Å². The Morgan fingerprint density at radius 3 is 2.24 bits per heavy atom. The molecule has 1 heterocycles. The van der Waals surface area contributed by atoms with Gasteiger partial charge in [-0.2, -0.15) is 0 Å². The standard InChI is InChI=1S/C11H15NO5/c1-11(2)5-6(13)7(9(14)16-3)8(12-11)10(15)17-4/h13H,5H2,1-4H3. The second-order valence-corrected chi connectivity index (χ2v) is 4.25. The van der Waals surface area contributed by atoms with Gasteiger partial charge >= 0.3 is 11.9 Å². The first-order valence-electron chi connectivity index (χ1n) is 5.01. The van der Waals surface area contributed by atoms with Crippen molar-refractivity contribution in [1.82, 2.24) is 0 Å². The molecular weight excluding hydrogens is 226 g/mol. The van der Waals surface area contributed by atoms with E-state index in [2.05, 4.69) is 14.5 Å². The lowest BCUT2D eigenvalue weighted by Crippen LogP contribution is -2.35. The second-order valence-electron chi connectivity index (χ2n) is 4.25. The van der Waals surface area contributed by atoms with Crippen LogP contribution in [0.25, 0.3) is 0 Å². The van der Waals surface area contributed by atoms with E-state index >= 15 is 0 Å². The van der Waals surface area contributed by atoms with Gasteiger partial charge in [0.1, 0.15) is 11.3 Å². The molecule has 1 rings (SSSR count). The van der Waals surface area contributed by atoms with Crippen LogP contribution in [0, 0.1) is 0 Å². The van der Waals surface area contributed by atoms with Crippen molar-refractivity contribution in [3.05, 3.63) is 11.3 Å². The molecule has 6 heteroatoms. The molecule has 0 radical (unpaired) electrons. The van der Waals surface area contributed by atoms with Crippen molar-refractivity contribution in [3.63, 3.8) is 0 Å². The highest BCUT2D eigenvalue weighted by molar-refractivity contribution is 6.49. The molecule has 0 fully saturated rings. The van der Waals surface area contributed by atoms with E-state index < -0.39 is 17.5 Å². The molecule has 17 heavy (non-hydrogen) atoms. The van der Waals surface area contributed by atoms with Gasteiger partial charge in [-0.15, -0.1) is 0 Å². The Morgan fingerprint density at radius 1 is 1.24 bits per heavy atom. The maximum absolute atomic E-state index is 11.5. The molecule has 0 aliphatic carbocycles. The van der Waals surface area contributed by atoms with E-state index in [1.54, 1.807) is 13.8 Å². The maximum atomic E-state index is 11.5. The predicted octanol–water partition coefficient (Wildman–Crippen LogP) is 0.768. The van der Waals surface area contributed by atoms with E-state index in [1.807, 2.05) is 0 Å². The number of hydrogen-bond donors (Lipinski definition) is 1. The maximum Gasteiger partial charge on any atom is 0.357 e. The van der Waals surface area contributed by atoms with Crippen LogP contribution in [-0.2, 0) is 19.1 Å². The van der Waals surface area contributed by atoms with Crippen LogP contribution in [-0.4, -0.2) is 42.5 Å². The summed E-state index contributed by atoms with van der Waals surface area (Å²) in [6.45, 7) is 3.47. The third-order valence-electron chi connectivity index (χ3n) is 2.31. The van der Waals surface area contributed by atoms with Crippen molar-refractivity contribution in [1.29, 1.82) is 0 Å². The highest BCUT2D eigenvalue weighted by Crippen LogP contribution is 2.28. The summed E-state index contributed by atoms with van der Waals surface area (Å²) in [5.74, 6) is -1.79. The molecule has 0 aromatic carbocycles. The summed E-state index contributed by atoms with van der Waals surface area (Å²) in [5, 5.41) is 9.81. The molecule has 94 valence electrons. The summed E-state index contributed by atoms with van der Waals surface area (Å²) in [6.07, 6.45) is 0.165. The summed E-state index contributed by atoms with van der Waals surface area (Å²) in [4.78, 5) is 27.1. The Hall–Kier alpha value is -1.85. The lowest BCUT2D eigenvalue weighted by Gasteiger charge is -2.26. The minimum atomic E-state index is -0.804. The summed E-state index contributed by atoms with van der Waals surface area (Å²) < 4.78 is 9.04. The average Bonchev–Trinajstić information content (AvgIpc) is 2.24. The van der Waals surface area contributed by atoms with E-state index in [-0.39, 0.29) is 23.5 Å². The largest absolute Gasteiger partial charge is 0.511 e. The van der Waals surface area contributed by atoms with Gasteiger partial charge in [-0.1, -0.05) is 0 Å². The van der Waals surface area contributed by atoms with Crippen molar-refractivity contribution < 1.29 is 24.2 Å². The molecule has 0 aromatic heterocycles. The predicted molar refractivity (Wildman–Crippen MR) is 59.8 cm³/mol. The first-order chi connectivity index (χ1) is 7.82. The monoisotopic (exact) mass is 241 g/mol. The number of carbonyl (C=O) groups is 2. The molecule has 1 N–H and O–H groups in total. The topological polar surface area (TPSA) is 85.2 Å². The van der Waals surface area contributed by atoms with E-state index in [4.69, 9.17) is 0 Å². The Bertz CT molecular complexity index is 420. The number of aliphatic imine (C=N–C) groups is 1. The fourth-order valence-corrected chi connectivity index (χ4v) is 1.59. The van der Waals surface area contributed by atoms with E-state index in [0.717, 1.165) is 7.11 Å². The smallest absolute Gasteiger partial charge is 0.357 e. The molecule has 0 aromatic rings. The second kappa shape index (κ2) is 4.57. The summed E-state index contributed by atoms with van der Waals surface area (Å²) >= 11 is 0. The minimum absolute atomic E-state index is 0.165. The number of aliphatic hydroxyl groups excluding tert-OH is 1. The van der Waals surface area contributed by atoms with Gasteiger partial charge in [-0.25, -0.2) is 9.59 Å². The fraction of sp³-hybridized carbons (Fsp3) is 0.545. The number of carbonyl (C=O) groups excluding carboxylic acids is 2. The molecule has 0 bridgehead atoms. The Balaban J connectivity index is 3.29. The molecule has 0 amide bonds. The number of dihydropyridines is 1. The van der Waals surface area contributed by atoms with Gasteiger partial charge in [-0.3, -0.25) is 4.99 Å². The molecule has 0 atom stereocenters. The minimum Gasteiger partial charge on any atom is -0.511 e. The van der Waals surface area contributed by atoms with Crippen molar-refractivity contribution in [2.45, 2.75) is 25.8 Å². The number of nitrogens with zero attached hydrogens (tertiary/aromatic N) is 1. The van der Waals surface area contributed by atoms with E-state index in [1.165, 1.54) is 7.11 Å². The van der Waals surface area contributed by atoms with E-state index in [0.29, 0.717) is 0 Å². The molecule has 0 saturated carbocycles. The number of hydrogen-bond acceptors (Lipinski definition) is 6. The zero-order chi connectivity index (χ0) is 13.2. The summed E-state index contributed by atoms with van der Waals surface area (Å²) in [5.41, 5.74) is -1.09. The fourth-order valence-electron chi connectivity index (χ4n) is 1.59. The number of methoxy groups -OCH3 is 2. The molecule has 0 unspecified atom stereocenters. The summed E-state index contributed by atoms with van der Waals surface area (Å²) in [7, 11) is 2.34. The molecule has 1 aliphatic rings. The van der Waals surface area contributed by atoms with Crippen LogP contribution in [0.4, 0.5) is 0 Å². The normalized spacial score (nSPS) is 18.5. The molecule has 1 aliphatic heterocycles. The Labute approximate surface area is 98.9 Å². The molecule has 0 saturated heterocycles. The van der Waals surface area contributed by atoms with Crippen molar-refractivity contribution in [2.75, 3.05) is 14.2 Å². The lowest BCUT2D eigenvalue weighted by molar-refractivity contribution is -0.137. The van der Waals surface area contributed by atoms with Gasteiger partial charge in [0.2, 0.25) is 0 Å². The molecular formula is C11H15NO5. The van der Waals surface area contributed by atoms with Crippen LogP contribution < -0.4 is 0 Å². The third kappa shape index (κ3) is 2.64. The number of rotatable bonds is 2. The van der Waals surface area contributed by atoms with Crippen molar-refractivity contribution in [2.24, 2.45) is 4.99 Å². The zero-order valence-electron chi connectivity index (χ0n) is 10.2. The molecule has 6 nitrogen and oxygen atoms in total. The van der Waals surface area contributed by atoms with Gasteiger partial charge in [0.15, 0.2) is 5.71 Å². The first-order valence-corrected chi connectivity index (χ1v) is 5.01. The van der Waals surface area contributed by atoms with Crippen LogP contribution in [0.3, 0.4) is 0 Å². The average molecular weight is 241 g/mol. The zero-order valence-corrected chi connectivity index (χ0v) is 10.2. The summed E-state index contributed by atoms with van der Waals surface area (Å²) in [6, 6.07) is 0. The van der Waals surface area contributed by atoms with E-state index in [9.17, 15) is 14.7 Å². The van der Waals surface area contributed by atoms with Gasteiger partial charge in [0, 0.05) is 6.42 Å². The third-order valence-corrected chi connectivity index (χ3v) is 2.31. The van der Waals surface area contributed by atoms with Gasteiger partial charge in [-0.05, 0) is 13.8 Å². The van der Waals surface area contributed by atoms with Crippen LogP contribution in [0.5, 0.6) is 0 Å². The Kier molecular flexibility index (Phi) is 3.55. The van der Waals surface area contributed by atoms with Crippen LogP contribution >= 0.6 is 0 Å². The number of ether oxygens (including phenoxy) is 2. The first kappa shape index (κ1) is 13.2. The van der Waals surface area contributed by atoms with Crippen molar-refractivity contribution >= 4 is 17.7 Å². The van der Waals surface area contributed by atoms with Crippen molar-refractivity contribution in [3.8, 4) is 0 Å². The quantitative estimate of drug-likeness (QED) is 0.721. The SMILES string of the molecule is COC(=O)C1=NC(C)(C)CC(O)=C1C(=O)OC. The highest BCUT2D eigenvalue weighted by atomic mass is 16.5. The number of esters is 2. The highest BCUT2D eigenvalue weighted by Gasteiger charge is 2.36. The number of aliphatic hydroxyl groups is 1.